The Labute approximate surface area is 227 Å². The maximum Gasteiger partial charge on any atom is 0.258 e. The van der Waals surface area contributed by atoms with Crippen LogP contribution in [0, 0.1) is 29.5 Å². The highest BCUT2D eigenvalue weighted by Crippen LogP contribution is 2.52. The zero-order valence-electron chi connectivity index (χ0n) is 23.1. The average molecular weight is 537 g/mol. The van der Waals surface area contributed by atoms with Crippen LogP contribution in [0.3, 0.4) is 0 Å². The molecule has 2 amide bonds. The van der Waals surface area contributed by atoms with E-state index in [1.165, 1.54) is 50.7 Å². The second-order valence-corrected chi connectivity index (χ2v) is 12.2. The van der Waals surface area contributed by atoms with Crippen LogP contribution in [0.5, 0.6) is 5.75 Å². The Morgan fingerprint density at radius 3 is 2.54 bits per heavy atom. The first-order valence-electron chi connectivity index (χ1n) is 14.3. The fourth-order valence-corrected chi connectivity index (χ4v) is 6.66. The number of carbonyl (C=O) groups is 2. The minimum atomic E-state index is -0.577. The van der Waals surface area contributed by atoms with Crippen LogP contribution in [-0.4, -0.2) is 30.0 Å². The molecule has 2 N–H and O–H groups in total. The molecule has 7 heteroatoms. The van der Waals surface area contributed by atoms with Gasteiger partial charge in [-0.3, -0.25) is 9.59 Å². The van der Waals surface area contributed by atoms with E-state index in [9.17, 15) is 14.0 Å². The van der Waals surface area contributed by atoms with Gasteiger partial charge in [-0.15, -0.1) is 0 Å². The molecule has 3 aliphatic rings. The van der Waals surface area contributed by atoms with Crippen molar-refractivity contribution in [2.24, 2.45) is 23.7 Å². The normalized spacial score (nSPS) is 24.6. The Kier molecular flexibility index (Phi) is 11.1. The molecule has 3 aliphatic carbocycles. The van der Waals surface area contributed by atoms with Crippen molar-refractivity contribution in [3.05, 3.63) is 29.0 Å². The molecule has 0 spiro atoms. The summed E-state index contributed by atoms with van der Waals surface area (Å²) in [7, 11) is 0. The number of hydrogen-bond acceptors (Lipinski definition) is 3. The van der Waals surface area contributed by atoms with Crippen LogP contribution in [0.4, 0.5) is 4.39 Å². The maximum absolute atomic E-state index is 13.6. The predicted molar refractivity (Wildman–Crippen MR) is 147 cm³/mol. The van der Waals surface area contributed by atoms with Crippen LogP contribution in [0.1, 0.15) is 98.3 Å². The molecule has 5 nitrogen and oxygen atoms in total. The van der Waals surface area contributed by atoms with E-state index in [0.717, 1.165) is 25.7 Å². The van der Waals surface area contributed by atoms with Gasteiger partial charge in [0.25, 0.3) is 5.91 Å². The van der Waals surface area contributed by atoms with Crippen molar-refractivity contribution in [3.63, 3.8) is 0 Å². The van der Waals surface area contributed by atoms with E-state index < -0.39 is 5.82 Å². The monoisotopic (exact) mass is 536 g/mol. The molecule has 0 saturated heterocycles. The number of benzene rings is 1. The number of ether oxygens (including phenoxy) is 1. The molecule has 0 aromatic heterocycles. The summed E-state index contributed by atoms with van der Waals surface area (Å²) >= 11 is 5.69. The third-order valence-electron chi connectivity index (χ3n) is 8.48. The number of hydrogen-bond donors (Lipinski definition) is 2. The molecule has 4 rings (SSSR count). The summed E-state index contributed by atoms with van der Waals surface area (Å²) in [5, 5.41) is 6.45. The number of amides is 2. The van der Waals surface area contributed by atoms with Crippen molar-refractivity contribution in [3.8, 4) is 5.75 Å². The summed E-state index contributed by atoms with van der Waals surface area (Å²) in [6.07, 6.45) is 11.5. The summed E-state index contributed by atoms with van der Waals surface area (Å²) in [6, 6.07) is 4.24. The van der Waals surface area contributed by atoms with Crippen molar-refractivity contribution in [1.82, 2.24) is 10.6 Å². The molecule has 208 valence electrons. The SMILES string of the molecule is CCCCCC(CC(=O)N[C@H]1CC2(NC(=O)COc3ccc(Cl)c(F)c3)CC1C2)C(C)CC(C)CCC. The van der Waals surface area contributed by atoms with E-state index in [0.29, 0.717) is 30.1 Å². The predicted octanol–water partition coefficient (Wildman–Crippen LogP) is 7.06. The molecule has 1 aromatic carbocycles. The molecule has 3 saturated carbocycles. The summed E-state index contributed by atoms with van der Waals surface area (Å²) in [5.74, 6) is 1.69. The highest BCUT2D eigenvalue weighted by Gasteiger charge is 2.57. The number of rotatable bonds is 16. The minimum Gasteiger partial charge on any atom is -0.484 e. The molecule has 37 heavy (non-hydrogen) atoms. The largest absolute Gasteiger partial charge is 0.484 e. The molecule has 3 unspecified atom stereocenters. The van der Waals surface area contributed by atoms with Gasteiger partial charge in [-0.1, -0.05) is 71.4 Å². The Balaban J connectivity index is 1.45. The second kappa shape index (κ2) is 13.8. The van der Waals surface area contributed by atoms with E-state index >= 15 is 0 Å². The number of nitrogens with one attached hydrogen (secondary N) is 2. The van der Waals surface area contributed by atoms with Gasteiger partial charge in [-0.25, -0.2) is 4.39 Å². The van der Waals surface area contributed by atoms with Gasteiger partial charge in [0.05, 0.1) is 5.02 Å². The summed E-state index contributed by atoms with van der Waals surface area (Å²) in [6.45, 7) is 8.94. The Morgan fingerprint density at radius 2 is 1.86 bits per heavy atom. The lowest BCUT2D eigenvalue weighted by Crippen LogP contribution is -2.53. The summed E-state index contributed by atoms with van der Waals surface area (Å²) < 4.78 is 19.0. The smallest absolute Gasteiger partial charge is 0.258 e. The molecular weight excluding hydrogens is 491 g/mol. The fraction of sp³-hybridized carbons (Fsp3) is 0.733. The first kappa shape index (κ1) is 29.7. The van der Waals surface area contributed by atoms with Crippen LogP contribution in [0.2, 0.25) is 5.02 Å². The lowest BCUT2D eigenvalue weighted by Gasteiger charge is -2.39. The van der Waals surface area contributed by atoms with Crippen LogP contribution < -0.4 is 15.4 Å². The van der Waals surface area contributed by atoms with Gasteiger partial charge in [-0.05, 0) is 67.9 Å². The van der Waals surface area contributed by atoms with Gasteiger partial charge in [-0.2, -0.15) is 0 Å². The van der Waals surface area contributed by atoms with Crippen LogP contribution in [0.25, 0.3) is 0 Å². The number of halogens is 2. The quantitative estimate of drug-likeness (QED) is 0.222. The maximum atomic E-state index is 13.6. The van der Waals surface area contributed by atoms with Gasteiger partial charge in [0, 0.05) is 24.1 Å². The van der Waals surface area contributed by atoms with E-state index in [4.69, 9.17) is 16.3 Å². The lowest BCUT2D eigenvalue weighted by atomic mass is 9.76. The third kappa shape index (κ3) is 8.59. The topological polar surface area (TPSA) is 67.4 Å². The van der Waals surface area contributed by atoms with E-state index in [2.05, 4.69) is 38.3 Å². The Morgan fingerprint density at radius 1 is 1.11 bits per heavy atom. The van der Waals surface area contributed by atoms with Gasteiger partial charge in [0.15, 0.2) is 6.61 Å². The first-order valence-corrected chi connectivity index (χ1v) is 14.7. The average Bonchev–Trinajstić information content (AvgIpc) is 3.32. The molecule has 0 aliphatic heterocycles. The zero-order valence-corrected chi connectivity index (χ0v) is 23.8. The first-order chi connectivity index (χ1) is 17.6. The van der Waals surface area contributed by atoms with Crippen molar-refractivity contribution in [1.29, 1.82) is 0 Å². The standard InChI is InChI=1S/C30H46ClFN2O3/c1-5-7-8-10-22(21(4)13-20(3)9-6-2)14-28(35)33-27-18-30(16-23(27)17-30)34-29(36)19-37-24-11-12-25(31)26(32)15-24/h11-12,15,20-23,27H,5-10,13-14,16-19H2,1-4H3,(H,33,35)(H,34,36)/t20?,21?,22?,23?,27-,30?/m0/s1. The van der Waals surface area contributed by atoms with Crippen molar-refractivity contribution < 1.29 is 18.7 Å². The van der Waals surface area contributed by atoms with Gasteiger partial charge < -0.3 is 15.4 Å². The Hall–Kier alpha value is -1.82. The number of fused-ring (bicyclic) bond motifs is 1. The molecule has 3 fully saturated rings. The molecular formula is C30H46ClFN2O3. The van der Waals surface area contributed by atoms with Crippen molar-refractivity contribution in [2.45, 2.75) is 110 Å². The summed E-state index contributed by atoms with van der Waals surface area (Å²) in [4.78, 5) is 25.6. The Bertz CT molecular complexity index is 905. The second-order valence-electron chi connectivity index (χ2n) is 11.8. The fourth-order valence-electron chi connectivity index (χ4n) is 6.54. The highest BCUT2D eigenvalue weighted by molar-refractivity contribution is 6.30. The van der Waals surface area contributed by atoms with Gasteiger partial charge >= 0.3 is 0 Å². The lowest BCUT2D eigenvalue weighted by molar-refractivity contribution is -0.126. The van der Waals surface area contributed by atoms with Crippen LogP contribution in [-0.2, 0) is 9.59 Å². The van der Waals surface area contributed by atoms with Crippen LogP contribution in [0.15, 0.2) is 18.2 Å². The third-order valence-corrected chi connectivity index (χ3v) is 8.79. The number of unbranched alkanes of at least 4 members (excludes halogenated alkanes) is 2. The van der Waals surface area contributed by atoms with Crippen molar-refractivity contribution in [2.75, 3.05) is 6.61 Å². The highest BCUT2D eigenvalue weighted by atomic mass is 35.5. The minimum absolute atomic E-state index is 0.0167. The van der Waals surface area contributed by atoms with E-state index in [-0.39, 0.29) is 40.8 Å². The molecule has 0 heterocycles. The zero-order chi connectivity index (χ0) is 27.0. The molecule has 2 bridgehead atoms. The van der Waals surface area contributed by atoms with Crippen LogP contribution >= 0.6 is 11.6 Å². The van der Waals surface area contributed by atoms with E-state index in [1.807, 2.05) is 0 Å². The number of carbonyl (C=O) groups excluding carboxylic acids is 2. The molecule has 0 radical (unpaired) electrons. The van der Waals surface area contributed by atoms with Gasteiger partial charge in [0.1, 0.15) is 11.6 Å². The molecule has 1 aromatic rings. The summed E-state index contributed by atoms with van der Waals surface area (Å²) in [5.41, 5.74) is -0.266. The van der Waals surface area contributed by atoms with Crippen molar-refractivity contribution >= 4 is 23.4 Å². The molecule has 4 atom stereocenters. The van der Waals surface area contributed by atoms with Gasteiger partial charge in [0.2, 0.25) is 5.91 Å². The van der Waals surface area contributed by atoms with E-state index in [1.54, 1.807) is 6.07 Å².